The zero-order valence-electron chi connectivity index (χ0n) is 10.5. The standard InChI is InChI=1S/C12H8N3O6/c1-7(13(16)17)12-6-10(15(20)21)5-8-4-9(14(18)19)2-3-11(8)12/h2-7H,1H2. The largest absolute Gasteiger partial charge is 0.270 e. The fourth-order valence-corrected chi connectivity index (χ4v) is 1.98. The molecule has 1 atom stereocenters. The third kappa shape index (κ3) is 2.61. The molecular formula is C12H8N3O6. The SMILES string of the molecule is [CH2]C(c1cc([N+](=O)[O-])cc2cc([N+](=O)[O-])ccc12)[N+](=O)[O-]. The summed E-state index contributed by atoms with van der Waals surface area (Å²) in [6, 6.07) is 4.44. The normalized spacial score (nSPS) is 12.0. The molecule has 0 aliphatic heterocycles. The van der Waals surface area contributed by atoms with E-state index >= 15 is 0 Å². The van der Waals surface area contributed by atoms with Crippen LogP contribution < -0.4 is 0 Å². The van der Waals surface area contributed by atoms with Crippen molar-refractivity contribution in [1.29, 1.82) is 0 Å². The molecule has 0 amide bonds. The van der Waals surface area contributed by atoms with Crippen molar-refractivity contribution in [3.63, 3.8) is 0 Å². The van der Waals surface area contributed by atoms with E-state index in [-0.39, 0.29) is 22.3 Å². The van der Waals surface area contributed by atoms with Gasteiger partial charge in [-0.2, -0.15) is 0 Å². The van der Waals surface area contributed by atoms with E-state index in [0.717, 1.165) is 18.2 Å². The van der Waals surface area contributed by atoms with Crippen LogP contribution in [0.15, 0.2) is 30.3 Å². The van der Waals surface area contributed by atoms with E-state index in [4.69, 9.17) is 0 Å². The van der Waals surface area contributed by atoms with Crippen LogP contribution in [0.3, 0.4) is 0 Å². The summed E-state index contributed by atoms with van der Waals surface area (Å²) in [5, 5.41) is 33.0. The van der Waals surface area contributed by atoms with Crippen molar-refractivity contribution >= 4 is 22.1 Å². The van der Waals surface area contributed by atoms with Crippen molar-refractivity contribution in [2.45, 2.75) is 6.04 Å². The molecular weight excluding hydrogens is 282 g/mol. The minimum absolute atomic E-state index is 0.0408. The van der Waals surface area contributed by atoms with Crippen molar-refractivity contribution in [2.24, 2.45) is 0 Å². The Morgan fingerprint density at radius 2 is 1.48 bits per heavy atom. The molecule has 0 heterocycles. The molecule has 2 aromatic carbocycles. The maximum Gasteiger partial charge on any atom is 0.270 e. The minimum atomic E-state index is -1.41. The molecule has 0 fully saturated rings. The summed E-state index contributed by atoms with van der Waals surface area (Å²) in [7, 11) is 0. The van der Waals surface area contributed by atoms with E-state index in [1.54, 1.807) is 0 Å². The maximum atomic E-state index is 10.9. The number of rotatable bonds is 4. The third-order valence-corrected chi connectivity index (χ3v) is 2.99. The molecule has 0 aliphatic carbocycles. The molecule has 0 bridgehead atoms. The number of nitro benzene ring substituents is 2. The van der Waals surface area contributed by atoms with Gasteiger partial charge in [0.05, 0.1) is 9.85 Å². The van der Waals surface area contributed by atoms with Crippen LogP contribution in [0, 0.1) is 37.3 Å². The van der Waals surface area contributed by atoms with Gasteiger partial charge in [-0.25, -0.2) is 0 Å². The molecule has 2 rings (SSSR count). The lowest BCUT2D eigenvalue weighted by molar-refractivity contribution is -0.516. The van der Waals surface area contributed by atoms with E-state index in [1.165, 1.54) is 12.1 Å². The van der Waals surface area contributed by atoms with Crippen molar-refractivity contribution in [3.05, 3.63) is 73.2 Å². The van der Waals surface area contributed by atoms with Crippen LogP contribution in [0.4, 0.5) is 11.4 Å². The molecule has 0 spiro atoms. The van der Waals surface area contributed by atoms with Gasteiger partial charge in [0, 0.05) is 41.7 Å². The average Bonchev–Trinajstić information content (AvgIpc) is 2.44. The van der Waals surface area contributed by atoms with Crippen LogP contribution in [0.1, 0.15) is 11.6 Å². The Hall–Kier alpha value is -3.10. The van der Waals surface area contributed by atoms with Crippen molar-refractivity contribution in [1.82, 2.24) is 0 Å². The van der Waals surface area contributed by atoms with E-state index in [9.17, 15) is 30.3 Å². The number of fused-ring (bicyclic) bond motifs is 1. The highest BCUT2D eigenvalue weighted by Gasteiger charge is 2.23. The zero-order chi connectivity index (χ0) is 15.7. The van der Waals surface area contributed by atoms with Gasteiger partial charge in [-0.3, -0.25) is 30.3 Å². The highest BCUT2D eigenvalue weighted by molar-refractivity contribution is 5.90. The molecule has 9 heteroatoms. The Kier molecular flexibility index (Phi) is 3.49. The van der Waals surface area contributed by atoms with Crippen molar-refractivity contribution < 1.29 is 14.8 Å². The Bertz CT molecular complexity index is 768. The van der Waals surface area contributed by atoms with Gasteiger partial charge in [-0.05, 0) is 16.8 Å². The highest BCUT2D eigenvalue weighted by Crippen LogP contribution is 2.32. The Balaban J connectivity index is 2.79. The van der Waals surface area contributed by atoms with Gasteiger partial charge < -0.3 is 0 Å². The molecule has 0 aliphatic rings. The van der Waals surface area contributed by atoms with Gasteiger partial charge in [-0.1, -0.05) is 0 Å². The lowest BCUT2D eigenvalue weighted by atomic mass is 9.98. The van der Waals surface area contributed by atoms with Gasteiger partial charge in [-0.15, -0.1) is 0 Å². The van der Waals surface area contributed by atoms with Gasteiger partial charge in [0.15, 0.2) is 0 Å². The monoisotopic (exact) mass is 290 g/mol. The fourth-order valence-electron chi connectivity index (χ4n) is 1.98. The number of nitrogens with zero attached hydrogens (tertiary/aromatic N) is 3. The van der Waals surface area contributed by atoms with Crippen LogP contribution in [0.5, 0.6) is 0 Å². The van der Waals surface area contributed by atoms with Gasteiger partial charge in [0.1, 0.15) is 0 Å². The van der Waals surface area contributed by atoms with Crippen LogP contribution >= 0.6 is 0 Å². The minimum Gasteiger partial charge on any atom is -0.264 e. The second-order valence-electron chi connectivity index (χ2n) is 4.26. The highest BCUT2D eigenvalue weighted by atomic mass is 16.6. The second-order valence-corrected chi connectivity index (χ2v) is 4.26. The lowest BCUT2D eigenvalue weighted by Crippen LogP contribution is -2.07. The molecule has 0 aromatic heterocycles. The van der Waals surface area contributed by atoms with Gasteiger partial charge >= 0.3 is 0 Å². The first-order valence-electron chi connectivity index (χ1n) is 5.64. The van der Waals surface area contributed by atoms with E-state index in [0.29, 0.717) is 5.39 Å². The number of non-ortho nitro benzene ring substituents is 2. The van der Waals surface area contributed by atoms with Crippen molar-refractivity contribution in [3.8, 4) is 0 Å². The molecule has 2 aromatic rings. The van der Waals surface area contributed by atoms with Crippen molar-refractivity contribution in [2.75, 3.05) is 0 Å². The molecule has 21 heavy (non-hydrogen) atoms. The predicted molar refractivity (Wildman–Crippen MR) is 72.3 cm³/mol. The molecule has 1 radical (unpaired) electrons. The van der Waals surface area contributed by atoms with E-state index in [2.05, 4.69) is 6.92 Å². The van der Waals surface area contributed by atoms with E-state index < -0.39 is 20.8 Å². The number of hydrogen-bond acceptors (Lipinski definition) is 6. The quantitative estimate of drug-likeness (QED) is 0.628. The molecule has 0 saturated heterocycles. The summed E-state index contributed by atoms with van der Waals surface area (Å²) < 4.78 is 0. The first-order valence-corrected chi connectivity index (χ1v) is 5.64. The summed E-state index contributed by atoms with van der Waals surface area (Å²) in [5.74, 6) is 0. The fraction of sp³-hybridized carbons (Fsp3) is 0.0833. The van der Waals surface area contributed by atoms with Crippen LogP contribution in [0.2, 0.25) is 0 Å². The smallest absolute Gasteiger partial charge is 0.264 e. The predicted octanol–water partition coefficient (Wildman–Crippen LogP) is 2.81. The first-order chi connectivity index (χ1) is 9.81. The number of benzene rings is 2. The number of nitro groups is 3. The lowest BCUT2D eigenvalue weighted by Gasteiger charge is -2.08. The summed E-state index contributed by atoms with van der Waals surface area (Å²) in [4.78, 5) is 30.5. The maximum absolute atomic E-state index is 10.9. The topological polar surface area (TPSA) is 129 Å². The summed E-state index contributed by atoms with van der Waals surface area (Å²) in [5.41, 5.74) is -0.594. The Morgan fingerprint density at radius 1 is 0.905 bits per heavy atom. The summed E-state index contributed by atoms with van der Waals surface area (Å²) >= 11 is 0. The molecule has 107 valence electrons. The van der Waals surface area contributed by atoms with Crippen LogP contribution in [0.25, 0.3) is 10.8 Å². The van der Waals surface area contributed by atoms with E-state index in [1.807, 2.05) is 0 Å². The Labute approximate surface area is 117 Å². The third-order valence-electron chi connectivity index (χ3n) is 2.99. The zero-order valence-corrected chi connectivity index (χ0v) is 10.5. The van der Waals surface area contributed by atoms with Crippen LogP contribution in [-0.4, -0.2) is 14.8 Å². The average molecular weight is 290 g/mol. The van der Waals surface area contributed by atoms with Crippen LogP contribution in [-0.2, 0) is 0 Å². The molecule has 1 unspecified atom stereocenters. The Morgan fingerprint density at radius 3 is 2.00 bits per heavy atom. The molecule has 0 N–H and O–H groups in total. The second kappa shape index (κ2) is 5.12. The molecule has 9 nitrogen and oxygen atoms in total. The van der Waals surface area contributed by atoms with Gasteiger partial charge in [0.2, 0.25) is 6.04 Å². The number of hydrogen-bond donors (Lipinski definition) is 0. The molecule has 0 saturated carbocycles. The first kappa shape index (κ1) is 14.3. The summed E-state index contributed by atoms with van der Waals surface area (Å²) in [6.45, 7) is 3.36. The summed E-state index contributed by atoms with van der Waals surface area (Å²) in [6.07, 6.45) is 0. The van der Waals surface area contributed by atoms with Gasteiger partial charge in [0.25, 0.3) is 11.4 Å².